The van der Waals surface area contributed by atoms with Crippen LogP contribution in [-0.2, 0) is 20.9 Å². The van der Waals surface area contributed by atoms with E-state index < -0.39 is 36.1 Å². The molecule has 0 saturated carbocycles. The molecule has 3 heterocycles. The molecule has 220 valence electrons. The van der Waals surface area contributed by atoms with Crippen LogP contribution >= 0.6 is 39.1 Å². The van der Waals surface area contributed by atoms with Crippen molar-refractivity contribution < 1.29 is 23.9 Å². The first-order chi connectivity index (χ1) is 19.3. The number of fused-ring (bicyclic) bond motifs is 1. The lowest BCUT2D eigenvalue weighted by Crippen LogP contribution is -2.52. The molecule has 1 N–H and O–H groups in total. The van der Waals surface area contributed by atoms with Crippen molar-refractivity contribution in [3.05, 3.63) is 56.4 Å². The minimum absolute atomic E-state index is 0.00655. The molecule has 0 spiro atoms. The number of imide groups is 1. The van der Waals surface area contributed by atoms with Crippen LogP contribution < -0.4 is 15.0 Å². The third-order valence-electron chi connectivity index (χ3n) is 6.52. The van der Waals surface area contributed by atoms with E-state index in [1.54, 1.807) is 39.0 Å². The Hall–Kier alpha value is -2.86. The van der Waals surface area contributed by atoms with Gasteiger partial charge in [-0.3, -0.25) is 14.0 Å². The Bertz CT molecular complexity index is 1480. The van der Waals surface area contributed by atoms with Crippen molar-refractivity contribution in [2.45, 2.75) is 58.8 Å². The number of likely N-dealkylation sites (N-methyl/N-ethyl adjacent to an activating group) is 1. The lowest BCUT2D eigenvalue weighted by molar-refractivity contribution is -0.135. The minimum Gasteiger partial charge on any atom is -0.485 e. The number of carbonyl (C=O) groups excluding carboxylic acids is 3. The molecule has 1 fully saturated rings. The number of carbonyl (C=O) groups is 3. The SMILES string of the molecule is Cc1nc2c(OCc3c(Cl)ccc(N(C)C(=O)CN(C(=O)OC(C)(C)C)C(=O)[C@@H]4CCCN4)c3Cl)cccn2c1Br. The molecule has 0 bridgehead atoms. The molecule has 0 unspecified atom stereocenters. The zero-order valence-electron chi connectivity index (χ0n) is 23.5. The summed E-state index contributed by atoms with van der Waals surface area (Å²) in [4.78, 5) is 46.3. The maximum atomic E-state index is 13.4. The van der Waals surface area contributed by atoms with E-state index >= 15 is 0 Å². The Labute approximate surface area is 257 Å². The van der Waals surface area contributed by atoms with Gasteiger partial charge >= 0.3 is 6.09 Å². The molecular formula is C28H32BrCl2N5O5. The first-order valence-electron chi connectivity index (χ1n) is 13.1. The highest BCUT2D eigenvalue weighted by molar-refractivity contribution is 9.10. The normalized spacial score (nSPS) is 15.2. The average molecular weight is 669 g/mol. The third-order valence-corrected chi connectivity index (χ3v) is 8.25. The van der Waals surface area contributed by atoms with Gasteiger partial charge in [0.2, 0.25) is 11.8 Å². The Morgan fingerprint density at radius 3 is 2.61 bits per heavy atom. The number of amides is 3. The minimum atomic E-state index is -0.885. The van der Waals surface area contributed by atoms with Gasteiger partial charge < -0.3 is 19.7 Å². The van der Waals surface area contributed by atoms with Gasteiger partial charge in [0.15, 0.2) is 11.4 Å². The maximum Gasteiger partial charge on any atom is 0.417 e. The Morgan fingerprint density at radius 1 is 1.22 bits per heavy atom. The first kappa shape index (κ1) is 31.1. The van der Waals surface area contributed by atoms with Crippen LogP contribution in [0.4, 0.5) is 10.5 Å². The molecule has 3 amide bonds. The highest BCUT2D eigenvalue weighted by atomic mass is 79.9. The number of nitrogens with one attached hydrogen (secondary N) is 1. The molecule has 1 atom stereocenters. The number of benzene rings is 1. The summed E-state index contributed by atoms with van der Waals surface area (Å²) in [5.41, 5.74) is 1.38. The van der Waals surface area contributed by atoms with Crippen LogP contribution in [0.3, 0.4) is 0 Å². The van der Waals surface area contributed by atoms with Crippen molar-refractivity contribution in [3.63, 3.8) is 0 Å². The molecule has 13 heteroatoms. The van der Waals surface area contributed by atoms with Gasteiger partial charge in [-0.2, -0.15) is 0 Å². The summed E-state index contributed by atoms with van der Waals surface area (Å²) in [6, 6.07) is 6.27. The van der Waals surface area contributed by atoms with Crippen molar-refractivity contribution in [2.24, 2.45) is 0 Å². The predicted molar refractivity (Wildman–Crippen MR) is 161 cm³/mol. The summed E-state index contributed by atoms with van der Waals surface area (Å²) in [7, 11) is 1.51. The van der Waals surface area contributed by atoms with Gasteiger partial charge in [0.25, 0.3) is 0 Å². The quantitative estimate of drug-likeness (QED) is 0.341. The predicted octanol–water partition coefficient (Wildman–Crippen LogP) is 5.77. The number of aromatic nitrogens is 2. The molecule has 0 radical (unpaired) electrons. The van der Waals surface area contributed by atoms with Crippen molar-refractivity contribution >= 4 is 68.4 Å². The van der Waals surface area contributed by atoms with Crippen LogP contribution in [0.5, 0.6) is 5.75 Å². The highest BCUT2D eigenvalue weighted by Crippen LogP contribution is 2.35. The van der Waals surface area contributed by atoms with E-state index in [9.17, 15) is 14.4 Å². The maximum absolute atomic E-state index is 13.4. The third kappa shape index (κ3) is 6.97. The zero-order chi connectivity index (χ0) is 30.1. The number of hydrogen-bond acceptors (Lipinski definition) is 7. The second-order valence-electron chi connectivity index (χ2n) is 10.7. The zero-order valence-corrected chi connectivity index (χ0v) is 26.6. The second kappa shape index (κ2) is 12.6. The number of nitrogens with zero attached hydrogens (tertiary/aromatic N) is 4. The summed E-state index contributed by atoms with van der Waals surface area (Å²) in [5.74, 6) is -0.527. The van der Waals surface area contributed by atoms with Crippen LogP contribution in [0.2, 0.25) is 10.0 Å². The molecule has 1 aliphatic rings. The number of aryl methyl sites for hydroxylation is 1. The van der Waals surface area contributed by atoms with Gasteiger partial charge in [-0.1, -0.05) is 23.2 Å². The molecule has 1 aromatic carbocycles. The number of rotatable bonds is 7. The Balaban J connectivity index is 1.55. The van der Waals surface area contributed by atoms with Gasteiger partial charge in [-0.05, 0) is 87.3 Å². The van der Waals surface area contributed by atoms with Crippen molar-refractivity contribution in [2.75, 3.05) is 25.0 Å². The summed E-state index contributed by atoms with van der Waals surface area (Å²) in [6.07, 6.45) is 2.34. The van der Waals surface area contributed by atoms with Gasteiger partial charge in [-0.15, -0.1) is 0 Å². The Kier molecular flexibility index (Phi) is 9.52. The molecule has 10 nitrogen and oxygen atoms in total. The second-order valence-corrected chi connectivity index (χ2v) is 12.2. The van der Waals surface area contributed by atoms with Crippen LogP contribution in [0, 0.1) is 6.92 Å². The number of anilines is 1. The van der Waals surface area contributed by atoms with E-state index in [-0.39, 0.29) is 11.6 Å². The molecule has 4 rings (SSSR count). The molecule has 3 aromatic rings. The highest BCUT2D eigenvalue weighted by Gasteiger charge is 2.35. The van der Waals surface area contributed by atoms with Crippen molar-refractivity contribution in [3.8, 4) is 5.75 Å². The van der Waals surface area contributed by atoms with Crippen LogP contribution in [0.25, 0.3) is 5.65 Å². The number of ether oxygens (including phenoxy) is 2. The van der Waals surface area contributed by atoms with Crippen molar-refractivity contribution in [1.82, 2.24) is 19.6 Å². The lowest BCUT2D eigenvalue weighted by Gasteiger charge is -2.29. The first-order valence-corrected chi connectivity index (χ1v) is 14.6. The summed E-state index contributed by atoms with van der Waals surface area (Å²) in [6.45, 7) is 7.10. The molecule has 1 aliphatic heterocycles. The fourth-order valence-electron chi connectivity index (χ4n) is 4.37. The largest absolute Gasteiger partial charge is 0.485 e. The Morgan fingerprint density at radius 2 is 1.95 bits per heavy atom. The molecule has 41 heavy (non-hydrogen) atoms. The van der Waals surface area contributed by atoms with Gasteiger partial charge in [0.1, 0.15) is 23.4 Å². The lowest BCUT2D eigenvalue weighted by atomic mass is 10.1. The number of hydrogen-bond donors (Lipinski definition) is 1. The number of pyridine rings is 1. The van der Waals surface area contributed by atoms with Gasteiger partial charge in [0, 0.05) is 23.8 Å². The standard InChI is InChI=1S/C28H32BrCl2N5O5/c1-16-24(29)35-13-7-9-21(25(35)33-16)40-15-17-18(30)10-11-20(23(17)31)34(5)22(37)14-36(27(39)41-28(2,3)4)26(38)19-8-6-12-32-19/h7,9-11,13,19,32H,6,8,12,14-15H2,1-5H3/t19-/m0/s1. The summed E-state index contributed by atoms with van der Waals surface area (Å²) >= 11 is 16.8. The molecule has 0 aliphatic carbocycles. The summed E-state index contributed by atoms with van der Waals surface area (Å²) in [5, 5.41) is 3.63. The van der Waals surface area contributed by atoms with E-state index in [1.165, 1.54) is 11.9 Å². The van der Waals surface area contributed by atoms with E-state index in [4.69, 9.17) is 32.7 Å². The topological polar surface area (TPSA) is 105 Å². The fraction of sp³-hybridized carbons (Fsp3) is 0.429. The monoisotopic (exact) mass is 667 g/mol. The van der Waals surface area contributed by atoms with Crippen molar-refractivity contribution in [1.29, 1.82) is 0 Å². The van der Waals surface area contributed by atoms with E-state index in [0.717, 1.165) is 21.6 Å². The molecular weight excluding hydrogens is 637 g/mol. The van der Waals surface area contributed by atoms with Crippen LogP contribution in [0.15, 0.2) is 35.1 Å². The van der Waals surface area contributed by atoms with E-state index in [1.807, 2.05) is 23.6 Å². The summed E-state index contributed by atoms with van der Waals surface area (Å²) < 4.78 is 14.2. The van der Waals surface area contributed by atoms with Gasteiger partial charge in [-0.25, -0.2) is 14.7 Å². The number of imidazole rings is 1. The van der Waals surface area contributed by atoms with Gasteiger partial charge in [0.05, 0.1) is 22.4 Å². The fourth-order valence-corrected chi connectivity index (χ4v) is 5.36. The van der Waals surface area contributed by atoms with E-state index in [0.29, 0.717) is 40.6 Å². The van der Waals surface area contributed by atoms with Crippen LogP contribution in [0.1, 0.15) is 44.9 Å². The van der Waals surface area contributed by atoms with Crippen LogP contribution in [-0.4, -0.2) is 64.0 Å². The molecule has 1 saturated heterocycles. The average Bonchev–Trinajstić information content (AvgIpc) is 3.54. The van der Waals surface area contributed by atoms with E-state index in [2.05, 4.69) is 26.2 Å². The smallest absolute Gasteiger partial charge is 0.417 e. The molecule has 2 aromatic heterocycles. The number of halogens is 3.